The first-order valence-electron chi connectivity index (χ1n) is 8.53. The molecule has 140 valence electrons. The fourth-order valence-electron chi connectivity index (χ4n) is 2.93. The van der Waals surface area contributed by atoms with Crippen molar-refractivity contribution in [1.82, 2.24) is 19.4 Å². The molecule has 0 aliphatic carbocycles. The molecule has 4 aromatic rings. The van der Waals surface area contributed by atoms with Crippen molar-refractivity contribution in [3.8, 4) is 11.6 Å². The number of aromatic hydroxyl groups is 1. The largest absolute Gasteiger partial charge is 0.493 e. The fourth-order valence-corrected chi connectivity index (χ4v) is 3.05. The molecule has 0 unspecified atom stereocenters. The Hall–Kier alpha value is -3.45. The predicted octanol–water partition coefficient (Wildman–Crippen LogP) is 3.44. The molecule has 0 aliphatic heterocycles. The van der Waals surface area contributed by atoms with Crippen molar-refractivity contribution in [2.45, 2.75) is 13.8 Å². The van der Waals surface area contributed by atoms with Gasteiger partial charge in [-0.3, -0.25) is 4.79 Å². The van der Waals surface area contributed by atoms with Crippen LogP contribution in [0.3, 0.4) is 0 Å². The predicted molar refractivity (Wildman–Crippen MR) is 109 cm³/mol. The fraction of sp³-hybridized carbons (Fsp3) is 0.100. The van der Waals surface area contributed by atoms with E-state index >= 15 is 0 Å². The van der Waals surface area contributed by atoms with Crippen LogP contribution in [0.5, 0.6) is 5.88 Å². The molecule has 2 aromatic carbocycles. The standard InChI is InChI=1S/C20H16ClN5O2/c1-12-17(20(28)26(24-12)15-9-7-14(21)8-10-15)11-22-25-13(2)23-18-6-4-3-5-16(18)19(25)27/h3-11,28H,1-2H3. The zero-order chi connectivity index (χ0) is 19.8. The van der Waals surface area contributed by atoms with E-state index in [9.17, 15) is 9.90 Å². The van der Waals surface area contributed by atoms with E-state index in [-0.39, 0.29) is 11.4 Å². The minimum Gasteiger partial charge on any atom is -0.493 e. The Morgan fingerprint density at radius 1 is 1.11 bits per heavy atom. The van der Waals surface area contributed by atoms with Crippen LogP contribution in [0.2, 0.25) is 5.02 Å². The molecule has 1 N–H and O–H groups in total. The third kappa shape index (κ3) is 3.05. The SMILES string of the molecule is Cc1nn(-c2ccc(Cl)cc2)c(O)c1C=Nn1c(C)nc2ccccc2c1=O. The monoisotopic (exact) mass is 393 g/mol. The number of halogens is 1. The van der Waals surface area contributed by atoms with Gasteiger partial charge in [-0.15, -0.1) is 0 Å². The molecule has 0 amide bonds. The molecule has 0 saturated heterocycles. The molecule has 0 radical (unpaired) electrons. The van der Waals surface area contributed by atoms with Crippen LogP contribution >= 0.6 is 11.6 Å². The number of aromatic nitrogens is 4. The summed E-state index contributed by atoms with van der Waals surface area (Å²) in [4.78, 5) is 17.1. The van der Waals surface area contributed by atoms with Gasteiger partial charge in [0.1, 0.15) is 5.82 Å². The lowest BCUT2D eigenvalue weighted by Gasteiger charge is -2.05. The maximum atomic E-state index is 12.7. The summed E-state index contributed by atoms with van der Waals surface area (Å²) < 4.78 is 2.60. The summed E-state index contributed by atoms with van der Waals surface area (Å²) in [5.41, 5.74) is 1.98. The number of hydrogen-bond donors (Lipinski definition) is 1. The van der Waals surface area contributed by atoms with E-state index < -0.39 is 0 Å². The summed E-state index contributed by atoms with van der Waals surface area (Å²) in [6, 6.07) is 14.0. The minimum atomic E-state index is -0.276. The Labute approximate surface area is 165 Å². The second kappa shape index (κ2) is 6.94. The van der Waals surface area contributed by atoms with Gasteiger partial charge in [0.05, 0.1) is 34.1 Å². The number of para-hydroxylation sites is 1. The van der Waals surface area contributed by atoms with Crippen LogP contribution in [-0.2, 0) is 0 Å². The number of aryl methyl sites for hydroxylation is 2. The molecule has 0 saturated carbocycles. The number of hydrogen-bond acceptors (Lipinski definition) is 5. The first kappa shape index (κ1) is 17.9. The first-order chi connectivity index (χ1) is 13.5. The van der Waals surface area contributed by atoms with E-state index in [1.54, 1.807) is 56.3 Å². The van der Waals surface area contributed by atoms with Gasteiger partial charge in [-0.2, -0.15) is 14.9 Å². The topological polar surface area (TPSA) is 85.3 Å². The number of benzene rings is 2. The first-order valence-corrected chi connectivity index (χ1v) is 8.91. The molecule has 0 bridgehead atoms. The summed E-state index contributed by atoms with van der Waals surface area (Å²) in [6.45, 7) is 3.46. The minimum absolute atomic E-state index is 0.0805. The van der Waals surface area contributed by atoms with Gasteiger partial charge in [-0.25, -0.2) is 9.67 Å². The number of rotatable bonds is 3. The quantitative estimate of drug-likeness (QED) is 0.540. The van der Waals surface area contributed by atoms with Crippen LogP contribution in [0, 0.1) is 13.8 Å². The molecule has 0 aliphatic rings. The van der Waals surface area contributed by atoms with Crippen molar-refractivity contribution >= 4 is 28.7 Å². The Morgan fingerprint density at radius 3 is 2.57 bits per heavy atom. The van der Waals surface area contributed by atoms with Gasteiger partial charge in [0.25, 0.3) is 5.56 Å². The Bertz CT molecular complexity index is 1270. The normalized spacial score (nSPS) is 11.5. The van der Waals surface area contributed by atoms with Crippen molar-refractivity contribution in [2.24, 2.45) is 5.10 Å². The summed E-state index contributed by atoms with van der Waals surface area (Å²) >= 11 is 5.91. The zero-order valence-electron chi connectivity index (χ0n) is 15.2. The highest BCUT2D eigenvalue weighted by atomic mass is 35.5. The van der Waals surface area contributed by atoms with Gasteiger partial charge in [0.15, 0.2) is 0 Å². The lowest BCUT2D eigenvalue weighted by molar-refractivity contribution is 0.433. The summed E-state index contributed by atoms with van der Waals surface area (Å²) in [5.74, 6) is 0.366. The highest BCUT2D eigenvalue weighted by Gasteiger charge is 2.15. The highest BCUT2D eigenvalue weighted by Crippen LogP contribution is 2.24. The van der Waals surface area contributed by atoms with Crippen molar-refractivity contribution < 1.29 is 5.11 Å². The van der Waals surface area contributed by atoms with Crippen LogP contribution in [0.25, 0.3) is 16.6 Å². The molecule has 0 spiro atoms. The average Bonchev–Trinajstić information content (AvgIpc) is 2.96. The van der Waals surface area contributed by atoms with Gasteiger partial charge in [0, 0.05) is 5.02 Å². The second-order valence-corrected chi connectivity index (χ2v) is 6.69. The maximum Gasteiger partial charge on any atom is 0.282 e. The van der Waals surface area contributed by atoms with E-state index in [0.29, 0.717) is 38.7 Å². The van der Waals surface area contributed by atoms with Crippen LogP contribution < -0.4 is 5.56 Å². The third-order valence-corrected chi connectivity index (χ3v) is 4.62. The Morgan fingerprint density at radius 2 is 1.82 bits per heavy atom. The number of fused-ring (bicyclic) bond motifs is 1. The van der Waals surface area contributed by atoms with Crippen LogP contribution in [-0.4, -0.2) is 30.8 Å². The molecule has 0 fully saturated rings. The van der Waals surface area contributed by atoms with Gasteiger partial charge < -0.3 is 5.11 Å². The second-order valence-electron chi connectivity index (χ2n) is 6.25. The molecule has 4 rings (SSSR count). The average molecular weight is 394 g/mol. The third-order valence-electron chi connectivity index (χ3n) is 4.37. The van der Waals surface area contributed by atoms with Gasteiger partial charge in [0.2, 0.25) is 5.88 Å². The van der Waals surface area contributed by atoms with E-state index in [2.05, 4.69) is 15.2 Å². The smallest absolute Gasteiger partial charge is 0.282 e. The lowest BCUT2D eigenvalue weighted by atomic mass is 10.2. The highest BCUT2D eigenvalue weighted by molar-refractivity contribution is 6.30. The summed E-state index contributed by atoms with van der Waals surface area (Å²) in [5, 5.41) is 20.3. The van der Waals surface area contributed by atoms with Crippen molar-refractivity contribution in [3.63, 3.8) is 0 Å². The van der Waals surface area contributed by atoms with Gasteiger partial charge in [-0.05, 0) is 50.2 Å². The van der Waals surface area contributed by atoms with Gasteiger partial charge >= 0.3 is 0 Å². The zero-order valence-corrected chi connectivity index (χ0v) is 15.9. The number of nitrogens with zero attached hydrogens (tertiary/aromatic N) is 5. The molecular weight excluding hydrogens is 378 g/mol. The molecule has 28 heavy (non-hydrogen) atoms. The molecular formula is C20H16ClN5O2. The van der Waals surface area contributed by atoms with E-state index in [0.717, 1.165) is 0 Å². The molecule has 7 nitrogen and oxygen atoms in total. The van der Waals surface area contributed by atoms with Crippen LogP contribution in [0.15, 0.2) is 58.4 Å². The lowest BCUT2D eigenvalue weighted by Crippen LogP contribution is -2.20. The van der Waals surface area contributed by atoms with Crippen molar-refractivity contribution in [3.05, 3.63) is 81.0 Å². The molecule has 8 heteroatoms. The maximum absolute atomic E-state index is 12.7. The summed E-state index contributed by atoms with van der Waals surface area (Å²) in [7, 11) is 0. The Kier molecular flexibility index (Phi) is 4.44. The van der Waals surface area contributed by atoms with E-state index in [1.165, 1.54) is 15.6 Å². The molecule has 2 heterocycles. The van der Waals surface area contributed by atoms with E-state index in [1.807, 2.05) is 6.07 Å². The van der Waals surface area contributed by atoms with Crippen molar-refractivity contribution in [2.75, 3.05) is 0 Å². The Balaban J connectivity index is 1.78. The summed E-state index contributed by atoms with van der Waals surface area (Å²) in [6.07, 6.45) is 1.41. The van der Waals surface area contributed by atoms with Crippen LogP contribution in [0.1, 0.15) is 17.1 Å². The van der Waals surface area contributed by atoms with Gasteiger partial charge in [-0.1, -0.05) is 23.7 Å². The van der Waals surface area contributed by atoms with Crippen molar-refractivity contribution in [1.29, 1.82) is 0 Å². The van der Waals surface area contributed by atoms with Crippen LogP contribution in [0.4, 0.5) is 0 Å². The molecule has 2 aromatic heterocycles. The van der Waals surface area contributed by atoms with E-state index in [4.69, 9.17) is 11.6 Å². The molecule has 0 atom stereocenters.